The number of nitrogens with zero attached hydrogens (tertiary/aromatic N) is 4. The number of hydrogen-bond donors (Lipinski definition) is 1. The maximum atomic E-state index is 4.38. The van der Waals surface area contributed by atoms with Crippen LogP contribution in [0, 0.1) is 5.92 Å². The van der Waals surface area contributed by atoms with Gasteiger partial charge >= 0.3 is 0 Å². The number of piperazine rings is 1. The third-order valence-corrected chi connectivity index (χ3v) is 3.05. The molecule has 0 aromatic carbocycles. The van der Waals surface area contributed by atoms with Gasteiger partial charge in [-0.3, -0.25) is 4.90 Å². The Bertz CT molecular complexity index is 352. The van der Waals surface area contributed by atoms with E-state index in [-0.39, 0.29) is 12.4 Å². The summed E-state index contributed by atoms with van der Waals surface area (Å²) in [5.41, 5.74) is 0. The molecule has 1 atom stereocenters. The van der Waals surface area contributed by atoms with Crippen molar-refractivity contribution in [3.8, 4) is 0 Å². The lowest BCUT2D eigenvalue weighted by Crippen LogP contribution is -2.48. The summed E-state index contributed by atoms with van der Waals surface area (Å²) in [5.74, 6) is 1.70. The van der Waals surface area contributed by atoms with E-state index in [2.05, 4.69) is 41.1 Å². The van der Waals surface area contributed by atoms with Crippen LogP contribution in [0.4, 0.5) is 0 Å². The molecular formula is C12H24ClN5. The van der Waals surface area contributed by atoms with Gasteiger partial charge in [-0.25, -0.2) is 9.67 Å². The molecule has 1 unspecified atom stereocenters. The first-order chi connectivity index (χ1) is 8.15. The molecule has 1 saturated heterocycles. The van der Waals surface area contributed by atoms with Crippen molar-refractivity contribution in [3.63, 3.8) is 0 Å². The van der Waals surface area contributed by atoms with Crippen molar-refractivity contribution in [2.24, 2.45) is 5.92 Å². The highest BCUT2D eigenvalue weighted by molar-refractivity contribution is 5.85. The van der Waals surface area contributed by atoms with Gasteiger partial charge in [-0.05, 0) is 12.8 Å². The minimum Gasteiger partial charge on any atom is -0.312 e. The molecule has 104 valence electrons. The zero-order chi connectivity index (χ0) is 12.3. The van der Waals surface area contributed by atoms with E-state index in [0.717, 1.165) is 38.5 Å². The molecule has 0 aliphatic carbocycles. The van der Waals surface area contributed by atoms with Gasteiger partial charge in [0, 0.05) is 32.2 Å². The van der Waals surface area contributed by atoms with Crippen LogP contribution >= 0.6 is 12.4 Å². The average molecular weight is 274 g/mol. The minimum absolute atomic E-state index is 0. The van der Waals surface area contributed by atoms with E-state index in [4.69, 9.17) is 0 Å². The van der Waals surface area contributed by atoms with E-state index in [1.54, 1.807) is 6.33 Å². The first-order valence-corrected chi connectivity index (χ1v) is 6.47. The summed E-state index contributed by atoms with van der Waals surface area (Å²) >= 11 is 0. The van der Waals surface area contributed by atoms with Crippen molar-refractivity contribution >= 4 is 12.4 Å². The summed E-state index contributed by atoms with van der Waals surface area (Å²) in [6.07, 6.45) is 1.67. The van der Waals surface area contributed by atoms with Gasteiger partial charge in [0.25, 0.3) is 0 Å². The fraction of sp³-hybridized carbons (Fsp3) is 0.833. The molecule has 5 nitrogen and oxygen atoms in total. The number of nitrogens with one attached hydrogen (secondary N) is 1. The van der Waals surface area contributed by atoms with Crippen LogP contribution in [0.25, 0.3) is 0 Å². The molecule has 6 heteroatoms. The molecule has 0 amide bonds. The normalized spacial score (nSPS) is 21.0. The lowest BCUT2D eigenvalue weighted by molar-refractivity contribution is 0.191. The molecule has 0 spiro atoms. The maximum absolute atomic E-state index is 4.38. The summed E-state index contributed by atoms with van der Waals surface area (Å²) in [7, 11) is 0. The van der Waals surface area contributed by atoms with Gasteiger partial charge in [-0.2, -0.15) is 5.10 Å². The van der Waals surface area contributed by atoms with Crippen LogP contribution in [-0.2, 0) is 13.1 Å². The molecule has 1 N–H and O–H groups in total. The maximum Gasteiger partial charge on any atom is 0.141 e. The first-order valence-electron chi connectivity index (χ1n) is 6.47. The smallest absolute Gasteiger partial charge is 0.141 e. The fourth-order valence-corrected chi connectivity index (χ4v) is 2.26. The molecule has 1 aromatic heterocycles. The molecule has 2 rings (SSSR count). The highest BCUT2D eigenvalue weighted by atomic mass is 35.5. The molecule has 1 aromatic rings. The van der Waals surface area contributed by atoms with Crippen LogP contribution in [0.1, 0.15) is 26.6 Å². The summed E-state index contributed by atoms with van der Waals surface area (Å²) in [6.45, 7) is 11.8. The summed E-state index contributed by atoms with van der Waals surface area (Å²) in [5, 5.41) is 7.76. The second-order valence-corrected chi connectivity index (χ2v) is 5.34. The molecule has 0 bridgehead atoms. The number of aromatic nitrogens is 3. The molecular weight excluding hydrogens is 250 g/mol. The Labute approximate surface area is 115 Å². The van der Waals surface area contributed by atoms with Crippen molar-refractivity contribution < 1.29 is 0 Å². The van der Waals surface area contributed by atoms with Crippen molar-refractivity contribution in [3.05, 3.63) is 12.2 Å². The molecule has 2 heterocycles. The largest absolute Gasteiger partial charge is 0.312 e. The zero-order valence-electron chi connectivity index (χ0n) is 11.5. The van der Waals surface area contributed by atoms with Gasteiger partial charge < -0.3 is 5.32 Å². The van der Waals surface area contributed by atoms with Gasteiger partial charge in [-0.1, -0.05) is 13.8 Å². The van der Waals surface area contributed by atoms with Crippen LogP contribution in [0.15, 0.2) is 6.33 Å². The number of halogens is 1. The molecule has 1 aliphatic rings. The summed E-state index contributed by atoms with van der Waals surface area (Å²) < 4.78 is 2.04. The minimum atomic E-state index is 0. The predicted octanol–water partition coefficient (Wildman–Crippen LogP) is 1.15. The first kappa shape index (κ1) is 15.4. The van der Waals surface area contributed by atoms with E-state index < -0.39 is 0 Å². The van der Waals surface area contributed by atoms with Crippen LogP contribution in [0.2, 0.25) is 0 Å². The van der Waals surface area contributed by atoms with E-state index in [1.807, 2.05) is 4.68 Å². The van der Waals surface area contributed by atoms with Crippen molar-refractivity contribution in [2.45, 2.75) is 39.9 Å². The predicted molar refractivity (Wildman–Crippen MR) is 74.8 cm³/mol. The molecule has 0 saturated carbocycles. The monoisotopic (exact) mass is 273 g/mol. The standard InChI is InChI=1S/C12H23N5.ClH/c1-10(2)6-17-12(14-9-15-17)8-16-5-4-13-11(3)7-16;/h9-11,13H,4-8H2,1-3H3;1H. The third kappa shape index (κ3) is 4.23. The molecule has 0 radical (unpaired) electrons. The van der Waals surface area contributed by atoms with E-state index in [1.165, 1.54) is 0 Å². The second-order valence-electron chi connectivity index (χ2n) is 5.34. The zero-order valence-corrected chi connectivity index (χ0v) is 12.3. The van der Waals surface area contributed by atoms with Crippen LogP contribution in [-0.4, -0.2) is 45.3 Å². The molecule has 18 heavy (non-hydrogen) atoms. The van der Waals surface area contributed by atoms with Crippen LogP contribution in [0.5, 0.6) is 0 Å². The van der Waals surface area contributed by atoms with Gasteiger partial charge in [-0.15, -0.1) is 12.4 Å². The highest BCUT2D eigenvalue weighted by Crippen LogP contribution is 2.07. The summed E-state index contributed by atoms with van der Waals surface area (Å²) in [6, 6.07) is 0.574. The molecule has 1 fully saturated rings. The second kappa shape index (κ2) is 7.07. The van der Waals surface area contributed by atoms with Gasteiger partial charge in [0.05, 0.1) is 6.54 Å². The highest BCUT2D eigenvalue weighted by Gasteiger charge is 2.17. The topological polar surface area (TPSA) is 46.0 Å². The Balaban J connectivity index is 0.00000162. The van der Waals surface area contributed by atoms with E-state index in [0.29, 0.717) is 12.0 Å². The Kier molecular flexibility index (Phi) is 6.05. The number of rotatable bonds is 4. The Morgan fingerprint density at radius 3 is 2.94 bits per heavy atom. The number of hydrogen-bond acceptors (Lipinski definition) is 4. The van der Waals surface area contributed by atoms with E-state index >= 15 is 0 Å². The molecule has 1 aliphatic heterocycles. The van der Waals surface area contributed by atoms with Crippen LogP contribution in [0.3, 0.4) is 0 Å². The van der Waals surface area contributed by atoms with Gasteiger partial charge in [0.15, 0.2) is 0 Å². The van der Waals surface area contributed by atoms with Crippen molar-refractivity contribution in [1.82, 2.24) is 25.0 Å². The van der Waals surface area contributed by atoms with Gasteiger partial charge in [0.1, 0.15) is 12.2 Å². The Hall–Kier alpha value is -0.650. The fourth-order valence-electron chi connectivity index (χ4n) is 2.26. The third-order valence-electron chi connectivity index (χ3n) is 3.05. The SMILES string of the molecule is CC(C)Cn1ncnc1CN1CCNC(C)C1.Cl. The van der Waals surface area contributed by atoms with Crippen molar-refractivity contribution in [2.75, 3.05) is 19.6 Å². The Morgan fingerprint density at radius 1 is 1.50 bits per heavy atom. The van der Waals surface area contributed by atoms with Crippen molar-refractivity contribution in [1.29, 1.82) is 0 Å². The summed E-state index contributed by atoms with van der Waals surface area (Å²) in [4.78, 5) is 6.82. The average Bonchev–Trinajstić information content (AvgIpc) is 2.65. The van der Waals surface area contributed by atoms with Crippen LogP contribution < -0.4 is 5.32 Å². The lowest BCUT2D eigenvalue weighted by Gasteiger charge is -2.31. The van der Waals surface area contributed by atoms with Gasteiger partial charge in [0.2, 0.25) is 0 Å². The Morgan fingerprint density at radius 2 is 2.28 bits per heavy atom. The quantitative estimate of drug-likeness (QED) is 0.894. The van der Waals surface area contributed by atoms with E-state index in [9.17, 15) is 0 Å². The lowest BCUT2D eigenvalue weighted by atomic mass is 10.2.